The maximum atomic E-state index is 12.6. The summed E-state index contributed by atoms with van der Waals surface area (Å²) in [7, 11) is 1.89. The first kappa shape index (κ1) is 13.6. The van der Waals surface area contributed by atoms with Gasteiger partial charge in [-0.25, -0.2) is 4.98 Å². The van der Waals surface area contributed by atoms with Gasteiger partial charge in [-0.1, -0.05) is 0 Å². The van der Waals surface area contributed by atoms with E-state index in [1.54, 1.807) is 18.3 Å². The van der Waals surface area contributed by atoms with E-state index in [9.17, 15) is 9.90 Å². The minimum absolute atomic E-state index is 0.0399. The average molecular weight is 301 g/mol. The van der Waals surface area contributed by atoms with Crippen LogP contribution in [0.5, 0.6) is 0 Å². The van der Waals surface area contributed by atoms with Crippen molar-refractivity contribution in [3.63, 3.8) is 0 Å². The van der Waals surface area contributed by atoms with E-state index in [4.69, 9.17) is 4.42 Å². The van der Waals surface area contributed by atoms with Gasteiger partial charge >= 0.3 is 0 Å². The maximum absolute atomic E-state index is 12.6. The van der Waals surface area contributed by atoms with E-state index in [0.717, 1.165) is 12.8 Å². The molecule has 0 radical (unpaired) electrons. The van der Waals surface area contributed by atoms with Crippen LogP contribution in [0, 0.1) is 0 Å². The van der Waals surface area contributed by atoms with Gasteiger partial charge in [-0.2, -0.15) is 0 Å². The molecular weight excluding hydrogens is 282 g/mol. The molecule has 2 aromatic rings. The number of nitrogens with zero attached hydrogens (tertiary/aromatic N) is 3. The summed E-state index contributed by atoms with van der Waals surface area (Å²) < 4.78 is 7.11. The van der Waals surface area contributed by atoms with Crippen LogP contribution in [0.4, 0.5) is 0 Å². The molecule has 22 heavy (non-hydrogen) atoms. The molecule has 2 aromatic heterocycles. The van der Waals surface area contributed by atoms with Crippen LogP contribution in [0.25, 0.3) is 0 Å². The number of hydrogen-bond donors (Lipinski definition) is 1. The Morgan fingerprint density at radius 1 is 1.41 bits per heavy atom. The van der Waals surface area contributed by atoms with Crippen molar-refractivity contribution >= 4 is 5.91 Å². The zero-order valence-corrected chi connectivity index (χ0v) is 12.5. The van der Waals surface area contributed by atoms with Crippen molar-refractivity contribution in [2.45, 2.75) is 43.4 Å². The number of carbonyl (C=O) groups is 1. The standard InChI is InChI=1S/C16H19N3O3/c1-18-7-6-17-15(18)16(21)9-11-4-5-12(10-16)19(11)14(20)13-3-2-8-22-13/h2-3,6-8,11-12,21H,4-5,9-10H2,1H3. The molecule has 1 amide bonds. The quantitative estimate of drug-likeness (QED) is 0.916. The third kappa shape index (κ3) is 1.90. The fraction of sp³-hybridized carbons (Fsp3) is 0.500. The molecule has 2 saturated heterocycles. The molecule has 4 rings (SSSR count). The monoisotopic (exact) mass is 301 g/mol. The van der Waals surface area contributed by atoms with Crippen molar-refractivity contribution in [1.29, 1.82) is 0 Å². The second-order valence-corrected chi connectivity index (χ2v) is 6.38. The summed E-state index contributed by atoms with van der Waals surface area (Å²) in [5.74, 6) is 0.994. The molecule has 0 aliphatic carbocycles. The summed E-state index contributed by atoms with van der Waals surface area (Å²) in [5.41, 5.74) is -0.954. The fourth-order valence-corrected chi connectivity index (χ4v) is 4.08. The topological polar surface area (TPSA) is 71.5 Å². The van der Waals surface area contributed by atoms with E-state index in [2.05, 4.69) is 4.98 Å². The summed E-state index contributed by atoms with van der Waals surface area (Å²) in [6.45, 7) is 0. The molecular formula is C16H19N3O3. The van der Waals surface area contributed by atoms with Gasteiger partial charge in [0.1, 0.15) is 11.4 Å². The highest BCUT2D eigenvalue weighted by molar-refractivity contribution is 5.92. The summed E-state index contributed by atoms with van der Waals surface area (Å²) in [4.78, 5) is 18.8. The summed E-state index contributed by atoms with van der Waals surface area (Å²) in [5, 5.41) is 11.1. The molecule has 2 fully saturated rings. The maximum Gasteiger partial charge on any atom is 0.290 e. The van der Waals surface area contributed by atoms with E-state index in [-0.39, 0.29) is 18.0 Å². The number of piperidine rings is 1. The molecule has 1 N–H and O–H groups in total. The van der Waals surface area contributed by atoms with Gasteiger partial charge in [0.15, 0.2) is 5.76 Å². The van der Waals surface area contributed by atoms with Crippen molar-refractivity contribution in [3.05, 3.63) is 42.4 Å². The third-order valence-corrected chi connectivity index (χ3v) is 4.97. The Hall–Kier alpha value is -2.08. The lowest BCUT2D eigenvalue weighted by Gasteiger charge is -2.43. The number of amides is 1. The number of imidazole rings is 1. The predicted molar refractivity (Wildman–Crippen MR) is 78.0 cm³/mol. The molecule has 2 atom stereocenters. The number of hydrogen-bond acceptors (Lipinski definition) is 4. The zero-order valence-electron chi connectivity index (χ0n) is 12.5. The highest BCUT2D eigenvalue weighted by atomic mass is 16.3. The zero-order chi connectivity index (χ0) is 15.3. The number of furan rings is 1. The van der Waals surface area contributed by atoms with Gasteiger partial charge < -0.3 is 19.0 Å². The predicted octanol–water partition coefficient (Wildman–Crippen LogP) is 1.67. The van der Waals surface area contributed by atoms with Crippen molar-refractivity contribution in [2.24, 2.45) is 7.05 Å². The van der Waals surface area contributed by atoms with Crippen molar-refractivity contribution in [3.8, 4) is 0 Å². The lowest BCUT2D eigenvalue weighted by atomic mass is 9.85. The van der Waals surface area contributed by atoms with Gasteiger partial charge in [-0.15, -0.1) is 0 Å². The highest BCUT2D eigenvalue weighted by Gasteiger charge is 2.51. The molecule has 116 valence electrons. The second-order valence-electron chi connectivity index (χ2n) is 6.38. The molecule has 2 aliphatic heterocycles. The fourth-order valence-electron chi connectivity index (χ4n) is 4.08. The largest absolute Gasteiger partial charge is 0.459 e. The molecule has 0 aromatic carbocycles. The lowest BCUT2D eigenvalue weighted by Crippen LogP contribution is -2.52. The number of carbonyl (C=O) groups excluding carboxylic acids is 1. The highest BCUT2D eigenvalue weighted by Crippen LogP contribution is 2.45. The molecule has 2 bridgehead atoms. The molecule has 2 unspecified atom stereocenters. The van der Waals surface area contributed by atoms with Crippen LogP contribution in [0.1, 0.15) is 42.1 Å². The average Bonchev–Trinajstić information content (AvgIpc) is 3.19. The Morgan fingerprint density at radius 2 is 2.14 bits per heavy atom. The van der Waals surface area contributed by atoms with Gasteiger partial charge in [-0.05, 0) is 25.0 Å². The van der Waals surface area contributed by atoms with E-state index in [0.29, 0.717) is 24.4 Å². The minimum Gasteiger partial charge on any atom is -0.459 e. The van der Waals surface area contributed by atoms with Crippen LogP contribution >= 0.6 is 0 Å². The number of fused-ring (bicyclic) bond motifs is 2. The summed E-state index contributed by atoms with van der Waals surface area (Å²) in [6.07, 6.45) is 7.96. The first-order valence-corrected chi connectivity index (χ1v) is 7.65. The summed E-state index contributed by atoms with van der Waals surface area (Å²) >= 11 is 0. The van der Waals surface area contributed by atoms with Crippen molar-refractivity contribution < 1.29 is 14.3 Å². The number of aryl methyl sites for hydroxylation is 1. The van der Waals surface area contributed by atoms with Crippen LogP contribution in [0.2, 0.25) is 0 Å². The molecule has 0 saturated carbocycles. The molecule has 6 heteroatoms. The van der Waals surface area contributed by atoms with Crippen LogP contribution < -0.4 is 0 Å². The Balaban J connectivity index is 1.62. The molecule has 4 heterocycles. The van der Waals surface area contributed by atoms with E-state index in [1.165, 1.54) is 6.26 Å². The third-order valence-electron chi connectivity index (χ3n) is 4.97. The number of aliphatic hydroxyl groups is 1. The van der Waals surface area contributed by atoms with Crippen LogP contribution in [0.3, 0.4) is 0 Å². The first-order valence-electron chi connectivity index (χ1n) is 7.65. The van der Waals surface area contributed by atoms with Gasteiger partial charge in [-0.3, -0.25) is 4.79 Å². The normalized spacial score (nSPS) is 30.7. The van der Waals surface area contributed by atoms with Crippen molar-refractivity contribution in [2.75, 3.05) is 0 Å². The Bertz CT molecular complexity index is 677. The lowest BCUT2D eigenvalue weighted by molar-refractivity contribution is -0.0561. The van der Waals surface area contributed by atoms with E-state index in [1.807, 2.05) is 22.7 Å². The van der Waals surface area contributed by atoms with Gasteiger partial charge in [0.2, 0.25) is 0 Å². The smallest absolute Gasteiger partial charge is 0.290 e. The van der Waals surface area contributed by atoms with Gasteiger partial charge in [0, 0.05) is 44.4 Å². The van der Waals surface area contributed by atoms with Gasteiger partial charge in [0.25, 0.3) is 5.91 Å². The van der Waals surface area contributed by atoms with Gasteiger partial charge in [0.05, 0.1) is 6.26 Å². The van der Waals surface area contributed by atoms with E-state index >= 15 is 0 Å². The van der Waals surface area contributed by atoms with Crippen molar-refractivity contribution in [1.82, 2.24) is 14.5 Å². The minimum atomic E-state index is -0.954. The Labute approximate surface area is 128 Å². The molecule has 2 aliphatic rings. The second kappa shape index (κ2) is 4.71. The summed E-state index contributed by atoms with van der Waals surface area (Å²) in [6, 6.07) is 3.50. The number of aromatic nitrogens is 2. The molecule has 0 spiro atoms. The first-order chi connectivity index (χ1) is 10.6. The Morgan fingerprint density at radius 3 is 2.68 bits per heavy atom. The van der Waals surface area contributed by atoms with E-state index < -0.39 is 5.60 Å². The molecule has 6 nitrogen and oxygen atoms in total. The Kier molecular flexibility index (Phi) is 2.91. The van der Waals surface area contributed by atoms with Crippen LogP contribution in [-0.2, 0) is 12.6 Å². The SMILES string of the molecule is Cn1ccnc1C1(O)CC2CCC(C1)N2C(=O)c1ccco1. The van der Waals surface area contributed by atoms with Crippen LogP contribution in [-0.4, -0.2) is 37.5 Å². The van der Waals surface area contributed by atoms with Crippen LogP contribution in [0.15, 0.2) is 35.2 Å². The number of rotatable bonds is 2.